The second-order valence-corrected chi connectivity index (χ2v) is 4.78. The first-order valence-corrected chi connectivity index (χ1v) is 7.33. The summed E-state index contributed by atoms with van der Waals surface area (Å²) in [6.07, 6.45) is 3.75. The summed E-state index contributed by atoms with van der Waals surface area (Å²) in [5.41, 5.74) is 0.960. The van der Waals surface area contributed by atoms with E-state index in [2.05, 4.69) is 0 Å². The molecule has 0 atom stereocenters. The molecule has 0 aromatic carbocycles. The number of pyridine rings is 2. The maximum absolute atomic E-state index is 7.71. The molecule has 2 N–H and O–H groups in total. The molecule has 0 unspecified atom stereocenters. The highest BCUT2D eigenvalue weighted by molar-refractivity contribution is 4.91. The molecule has 0 spiro atoms. The number of nitrogens with zero attached hydrogens (tertiary/aromatic N) is 2. The molecule has 2 aromatic heterocycles. The van der Waals surface area contributed by atoms with Gasteiger partial charge < -0.3 is 18.6 Å². The number of hydrogen-bond acceptors (Lipinski definition) is 4. The van der Waals surface area contributed by atoms with Gasteiger partial charge in [-0.15, -0.1) is 0 Å². The summed E-state index contributed by atoms with van der Waals surface area (Å²) in [5.74, 6) is 0. The van der Waals surface area contributed by atoms with Crippen LogP contribution < -0.4 is 11.0 Å². The van der Waals surface area contributed by atoms with Crippen molar-refractivity contribution in [1.29, 1.82) is 10.8 Å². The smallest absolute Gasteiger partial charge is 0.124 e. The van der Waals surface area contributed by atoms with Gasteiger partial charge in [-0.2, -0.15) is 0 Å². The van der Waals surface area contributed by atoms with Gasteiger partial charge in [-0.05, 0) is 24.3 Å². The zero-order chi connectivity index (χ0) is 15.6. The summed E-state index contributed by atoms with van der Waals surface area (Å²) in [7, 11) is 0. The van der Waals surface area contributed by atoms with Gasteiger partial charge in [0.05, 0.1) is 26.4 Å². The Bertz CT molecular complexity index is 618. The molecular formula is C16H22N4O2. The normalized spacial score (nSPS) is 10.7. The Morgan fingerprint density at radius 1 is 0.682 bits per heavy atom. The third-order valence-corrected chi connectivity index (χ3v) is 3.21. The summed E-state index contributed by atoms with van der Waals surface area (Å²) >= 11 is 0. The van der Waals surface area contributed by atoms with Crippen molar-refractivity contribution >= 4 is 0 Å². The molecule has 6 heteroatoms. The van der Waals surface area contributed by atoms with Crippen LogP contribution in [0.2, 0.25) is 0 Å². The Morgan fingerprint density at radius 2 is 1.14 bits per heavy atom. The van der Waals surface area contributed by atoms with E-state index in [4.69, 9.17) is 20.3 Å². The molecule has 2 heterocycles. The third-order valence-electron chi connectivity index (χ3n) is 3.21. The van der Waals surface area contributed by atoms with Crippen molar-refractivity contribution in [2.45, 2.75) is 13.1 Å². The van der Waals surface area contributed by atoms with Gasteiger partial charge in [-0.1, -0.05) is 12.1 Å². The van der Waals surface area contributed by atoms with Crippen LogP contribution >= 0.6 is 0 Å². The highest BCUT2D eigenvalue weighted by Crippen LogP contribution is 1.87. The third kappa shape index (κ3) is 5.31. The summed E-state index contributed by atoms with van der Waals surface area (Å²) in [6.45, 7) is 3.54. The number of nitrogens with one attached hydrogen (secondary N) is 2. The van der Waals surface area contributed by atoms with E-state index in [9.17, 15) is 0 Å². The summed E-state index contributed by atoms with van der Waals surface area (Å²) in [6, 6.07) is 11.0. The molecule has 0 saturated heterocycles. The van der Waals surface area contributed by atoms with Crippen molar-refractivity contribution < 1.29 is 9.47 Å². The van der Waals surface area contributed by atoms with Gasteiger partial charge in [0.25, 0.3) is 0 Å². The fourth-order valence-electron chi connectivity index (χ4n) is 1.99. The molecule has 2 aromatic rings. The van der Waals surface area contributed by atoms with Crippen LogP contribution in [0.5, 0.6) is 0 Å². The molecule has 0 radical (unpaired) electrons. The standard InChI is InChI=1S/C16H22N4O2/c17-15-5-1-3-7-19(15)9-11-21-13-14-22-12-10-20-8-4-2-6-16(20)18/h1-8,17-18H,9-14H2. The lowest BCUT2D eigenvalue weighted by Crippen LogP contribution is -2.22. The minimum atomic E-state index is 0.480. The molecule has 118 valence electrons. The Morgan fingerprint density at radius 3 is 1.55 bits per heavy atom. The number of hydrogen-bond donors (Lipinski definition) is 2. The topological polar surface area (TPSA) is 76.0 Å². The van der Waals surface area contributed by atoms with E-state index in [0.29, 0.717) is 50.5 Å². The summed E-state index contributed by atoms with van der Waals surface area (Å²) in [5, 5.41) is 15.4. The van der Waals surface area contributed by atoms with E-state index >= 15 is 0 Å². The molecule has 0 bridgehead atoms. The van der Waals surface area contributed by atoms with Gasteiger partial charge in [0.2, 0.25) is 0 Å². The molecule has 0 aliphatic carbocycles. The molecule has 0 saturated carbocycles. The molecule has 0 amide bonds. The van der Waals surface area contributed by atoms with E-state index in [0.717, 1.165) is 0 Å². The van der Waals surface area contributed by atoms with Crippen molar-refractivity contribution in [2.75, 3.05) is 26.4 Å². The zero-order valence-electron chi connectivity index (χ0n) is 12.6. The van der Waals surface area contributed by atoms with Gasteiger partial charge in [0, 0.05) is 25.5 Å². The van der Waals surface area contributed by atoms with E-state index in [1.807, 2.05) is 45.8 Å². The molecule has 2 rings (SSSR count). The highest BCUT2D eigenvalue weighted by Gasteiger charge is 1.94. The first kappa shape index (κ1) is 16.2. The van der Waals surface area contributed by atoms with E-state index < -0.39 is 0 Å². The lowest BCUT2D eigenvalue weighted by Gasteiger charge is -2.09. The van der Waals surface area contributed by atoms with Gasteiger partial charge in [-0.3, -0.25) is 10.8 Å². The highest BCUT2D eigenvalue weighted by atomic mass is 16.5. The van der Waals surface area contributed by atoms with Crippen LogP contribution in [0.1, 0.15) is 0 Å². The van der Waals surface area contributed by atoms with Crippen LogP contribution in [0.4, 0.5) is 0 Å². The maximum atomic E-state index is 7.71. The van der Waals surface area contributed by atoms with Crippen molar-refractivity contribution in [3.05, 3.63) is 59.8 Å². The first-order chi connectivity index (χ1) is 10.8. The van der Waals surface area contributed by atoms with E-state index in [1.165, 1.54) is 0 Å². The van der Waals surface area contributed by atoms with Gasteiger partial charge in [-0.25, -0.2) is 0 Å². The Kier molecular flexibility index (Phi) is 6.60. The quantitative estimate of drug-likeness (QED) is 0.678. The van der Waals surface area contributed by atoms with Crippen LogP contribution in [-0.2, 0) is 22.6 Å². The molecule has 0 fully saturated rings. The van der Waals surface area contributed by atoms with Crippen molar-refractivity contribution in [3.8, 4) is 0 Å². The minimum absolute atomic E-state index is 0.480. The SMILES string of the molecule is N=c1ccccn1CCOCCOCCn1ccccc1=N. The second-order valence-electron chi connectivity index (χ2n) is 4.78. The van der Waals surface area contributed by atoms with Gasteiger partial charge >= 0.3 is 0 Å². The van der Waals surface area contributed by atoms with Gasteiger partial charge in [0.15, 0.2) is 0 Å². The average Bonchev–Trinajstić information content (AvgIpc) is 2.53. The van der Waals surface area contributed by atoms with Gasteiger partial charge in [0.1, 0.15) is 11.0 Å². The monoisotopic (exact) mass is 302 g/mol. The maximum Gasteiger partial charge on any atom is 0.124 e. The Labute approximate surface area is 129 Å². The van der Waals surface area contributed by atoms with Crippen LogP contribution in [0, 0.1) is 10.8 Å². The fraction of sp³-hybridized carbons (Fsp3) is 0.375. The molecule has 22 heavy (non-hydrogen) atoms. The average molecular weight is 302 g/mol. The van der Waals surface area contributed by atoms with Crippen LogP contribution in [-0.4, -0.2) is 35.6 Å². The summed E-state index contributed by atoms with van der Waals surface area (Å²) < 4.78 is 14.7. The molecular weight excluding hydrogens is 280 g/mol. The predicted octanol–water partition coefficient (Wildman–Crippen LogP) is 0.982. The van der Waals surface area contributed by atoms with E-state index in [-0.39, 0.29) is 0 Å². The molecule has 0 aliphatic rings. The minimum Gasteiger partial charge on any atom is -0.377 e. The molecule has 6 nitrogen and oxygen atoms in total. The number of aromatic nitrogens is 2. The van der Waals surface area contributed by atoms with Crippen molar-refractivity contribution in [2.24, 2.45) is 0 Å². The number of rotatable bonds is 9. The summed E-state index contributed by atoms with van der Waals surface area (Å²) in [4.78, 5) is 0. The van der Waals surface area contributed by atoms with Crippen LogP contribution in [0.3, 0.4) is 0 Å². The van der Waals surface area contributed by atoms with Crippen molar-refractivity contribution in [1.82, 2.24) is 9.13 Å². The first-order valence-electron chi connectivity index (χ1n) is 7.33. The Hall–Kier alpha value is -2.18. The lowest BCUT2D eigenvalue weighted by atomic mass is 10.4. The number of ether oxygens (including phenoxy) is 2. The second kappa shape index (κ2) is 8.96. The fourth-order valence-corrected chi connectivity index (χ4v) is 1.99. The van der Waals surface area contributed by atoms with Crippen molar-refractivity contribution in [3.63, 3.8) is 0 Å². The zero-order valence-corrected chi connectivity index (χ0v) is 12.6. The molecule has 0 aliphatic heterocycles. The largest absolute Gasteiger partial charge is 0.377 e. The van der Waals surface area contributed by atoms with E-state index in [1.54, 1.807) is 12.1 Å². The Balaban J connectivity index is 1.53. The lowest BCUT2D eigenvalue weighted by molar-refractivity contribution is 0.0414. The van der Waals surface area contributed by atoms with Crippen LogP contribution in [0.25, 0.3) is 0 Å². The predicted molar refractivity (Wildman–Crippen MR) is 82.2 cm³/mol. The van der Waals surface area contributed by atoms with Crippen LogP contribution in [0.15, 0.2) is 48.8 Å².